The van der Waals surface area contributed by atoms with E-state index in [4.69, 9.17) is 26.1 Å². The SMILES string of the molecule is Cc1nc2ccc(Oc3ccc4ncc(-c5cnn(C6CC(C(F)(F)F)C6)c5)nc4c3Cl)cc2n1COCC[Si](C)(C)C. The Bertz CT molecular complexity index is 1790. The van der Waals surface area contributed by atoms with Crippen LogP contribution in [0, 0.1) is 12.8 Å². The van der Waals surface area contributed by atoms with Gasteiger partial charge in [-0.2, -0.15) is 18.3 Å². The van der Waals surface area contributed by atoms with Crippen molar-refractivity contribution in [3.63, 3.8) is 0 Å². The minimum atomic E-state index is -4.17. The molecule has 8 nitrogen and oxygen atoms in total. The minimum absolute atomic E-state index is 0.0261. The maximum atomic E-state index is 12.9. The van der Waals surface area contributed by atoms with E-state index in [1.807, 2.05) is 29.7 Å². The molecule has 0 spiro atoms. The second-order valence-electron chi connectivity index (χ2n) is 12.3. The Balaban J connectivity index is 1.21. The van der Waals surface area contributed by atoms with Crippen LogP contribution in [0.25, 0.3) is 33.3 Å². The third kappa shape index (κ3) is 6.27. The molecular formula is C30H32ClF3N6O2Si. The van der Waals surface area contributed by atoms with Crippen LogP contribution in [0.5, 0.6) is 11.5 Å². The van der Waals surface area contributed by atoms with Gasteiger partial charge in [0.05, 0.1) is 46.6 Å². The summed E-state index contributed by atoms with van der Waals surface area (Å²) in [6, 6.07) is 9.98. The molecule has 0 radical (unpaired) electrons. The monoisotopic (exact) mass is 628 g/mol. The van der Waals surface area contributed by atoms with Crippen molar-refractivity contribution in [2.45, 2.75) is 64.4 Å². The fourth-order valence-electron chi connectivity index (χ4n) is 5.10. The van der Waals surface area contributed by atoms with Gasteiger partial charge in [0.15, 0.2) is 0 Å². The standard InChI is InChI=1S/C30H32ClF3N6O2Si/c1-18-37-23-6-5-22(13-26(23)39(18)17-41-9-10-43(2,3)4)42-27-8-7-24-29(28(27)31)38-25(15-35-24)19-14-36-40(16-19)21-11-20(12-21)30(32,33)34/h5-8,13-16,20-21H,9-12,17H2,1-4H3. The van der Waals surface area contributed by atoms with E-state index in [1.165, 1.54) is 0 Å². The van der Waals surface area contributed by atoms with Crippen molar-refractivity contribution in [2.24, 2.45) is 5.92 Å². The Hall–Kier alpha value is -3.48. The largest absolute Gasteiger partial charge is 0.456 e. The summed E-state index contributed by atoms with van der Waals surface area (Å²) in [6.45, 7) is 10.0. The zero-order chi connectivity index (χ0) is 30.5. The molecule has 0 amide bonds. The summed E-state index contributed by atoms with van der Waals surface area (Å²) in [4.78, 5) is 13.9. The average molecular weight is 629 g/mol. The van der Waals surface area contributed by atoms with Crippen molar-refractivity contribution in [3.05, 3.63) is 59.8 Å². The van der Waals surface area contributed by atoms with Crippen molar-refractivity contribution in [1.82, 2.24) is 29.3 Å². The molecule has 1 aliphatic carbocycles. The molecule has 0 N–H and O–H groups in total. The van der Waals surface area contributed by atoms with E-state index >= 15 is 0 Å². The highest BCUT2D eigenvalue weighted by Gasteiger charge is 2.48. The first kappa shape index (κ1) is 29.6. The van der Waals surface area contributed by atoms with Crippen molar-refractivity contribution >= 4 is 41.7 Å². The Morgan fingerprint density at radius 3 is 2.56 bits per heavy atom. The van der Waals surface area contributed by atoms with Gasteiger partial charge in [0, 0.05) is 32.5 Å². The smallest absolute Gasteiger partial charge is 0.391 e. The van der Waals surface area contributed by atoms with Gasteiger partial charge in [-0.15, -0.1) is 0 Å². The first-order valence-electron chi connectivity index (χ1n) is 14.1. The molecule has 1 aliphatic rings. The lowest BCUT2D eigenvalue weighted by molar-refractivity contribution is -0.203. The summed E-state index contributed by atoms with van der Waals surface area (Å²) in [6.07, 6.45) is 0.774. The number of aryl methyl sites for hydroxylation is 1. The number of nitrogens with zero attached hydrogens (tertiary/aromatic N) is 6. The average Bonchev–Trinajstić information content (AvgIpc) is 3.50. The van der Waals surface area contributed by atoms with E-state index < -0.39 is 20.2 Å². The highest BCUT2D eigenvalue weighted by Crippen LogP contribution is 2.47. The first-order chi connectivity index (χ1) is 20.4. The molecular weight excluding hydrogens is 597 g/mol. The van der Waals surface area contributed by atoms with Gasteiger partial charge in [-0.1, -0.05) is 31.2 Å². The number of benzene rings is 2. The maximum Gasteiger partial charge on any atom is 0.391 e. The second kappa shape index (κ2) is 11.2. The Kier molecular flexibility index (Phi) is 7.72. The van der Waals surface area contributed by atoms with Crippen LogP contribution < -0.4 is 4.74 Å². The van der Waals surface area contributed by atoms with Gasteiger partial charge in [0.2, 0.25) is 0 Å². The first-order valence-corrected chi connectivity index (χ1v) is 18.2. The lowest BCUT2D eigenvalue weighted by Gasteiger charge is -2.36. The molecule has 0 saturated heterocycles. The number of fused-ring (bicyclic) bond motifs is 2. The summed E-state index contributed by atoms with van der Waals surface area (Å²) in [5, 5.41) is 4.58. The highest BCUT2D eigenvalue weighted by atomic mass is 35.5. The molecule has 6 rings (SSSR count). The third-order valence-corrected chi connectivity index (χ3v) is 9.89. The maximum absolute atomic E-state index is 12.9. The van der Waals surface area contributed by atoms with Gasteiger partial charge in [0.1, 0.15) is 34.6 Å². The Morgan fingerprint density at radius 2 is 1.81 bits per heavy atom. The van der Waals surface area contributed by atoms with E-state index in [2.05, 4.69) is 34.7 Å². The van der Waals surface area contributed by atoms with Gasteiger partial charge in [-0.3, -0.25) is 9.67 Å². The third-order valence-electron chi connectivity index (χ3n) is 7.82. The summed E-state index contributed by atoms with van der Waals surface area (Å²) >= 11 is 6.78. The molecule has 3 heterocycles. The van der Waals surface area contributed by atoms with Gasteiger partial charge in [-0.25, -0.2) is 9.97 Å². The summed E-state index contributed by atoms with van der Waals surface area (Å²) in [5.74, 6) is 0.575. The predicted octanol–water partition coefficient (Wildman–Crippen LogP) is 8.42. The van der Waals surface area contributed by atoms with E-state index in [9.17, 15) is 13.2 Å². The van der Waals surface area contributed by atoms with Crippen LogP contribution in [0.2, 0.25) is 30.7 Å². The topological polar surface area (TPSA) is 79.9 Å². The van der Waals surface area contributed by atoms with E-state index in [1.54, 1.807) is 35.4 Å². The number of imidazole rings is 1. The molecule has 0 bridgehead atoms. The van der Waals surface area contributed by atoms with Gasteiger partial charge in [-0.05, 0) is 50.1 Å². The van der Waals surface area contributed by atoms with E-state index in [-0.39, 0.29) is 18.9 Å². The summed E-state index contributed by atoms with van der Waals surface area (Å²) < 4.78 is 54.6. The predicted molar refractivity (Wildman–Crippen MR) is 162 cm³/mol. The van der Waals surface area contributed by atoms with Crippen molar-refractivity contribution in [3.8, 4) is 22.8 Å². The van der Waals surface area contributed by atoms with Crippen molar-refractivity contribution < 1.29 is 22.6 Å². The van der Waals surface area contributed by atoms with E-state index in [0.29, 0.717) is 52.2 Å². The van der Waals surface area contributed by atoms with Gasteiger partial charge < -0.3 is 14.0 Å². The van der Waals surface area contributed by atoms with Crippen LogP contribution in [-0.2, 0) is 11.5 Å². The number of hydrogen-bond acceptors (Lipinski definition) is 6. The van der Waals surface area contributed by atoms with Crippen LogP contribution in [0.1, 0.15) is 24.7 Å². The highest BCUT2D eigenvalue weighted by molar-refractivity contribution is 6.76. The number of hydrogen-bond donors (Lipinski definition) is 0. The fraction of sp³-hybridized carbons (Fsp3) is 0.400. The molecule has 43 heavy (non-hydrogen) atoms. The Labute approximate surface area is 252 Å². The van der Waals surface area contributed by atoms with Crippen LogP contribution in [0.4, 0.5) is 13.2 Å². The zero-order valence-electron chi connectivity index (χ0n) is 24.3. The number of rotatable bonds is 9. The lowest BCUT2D eigenvalue weighted by atomic mass is 9.80. The van der Waals surface area contributed by atoms with Crippen LogP contribution in [0.15, 0.2) is 48.9 Å². The molecule has 0 unspecified atom stereocenters. The number of aromatic nitrogens is 6. The van der Waals surface area contributed by atoms with Crippen LogP contribution in [0.3, 0.4) is 0 Å². The quantitative estimate of drug-likeness (QED) is 0.120. The summed E-state index contributed by atoms with van der Waals surface area (Å²) in [5.41, 5.74) is 3.93. The second-order valence-corrected chi connectivity index (χ2v) is 18.3. The van der Waals surface area contributed by atoms with Crippen LogP contribution >= 0.6 is 11.6 Å². The fourth-order valence-corrected chi connectivity index (χ4v) is 6.09. The van der Waals surface area contributed by atoms with Gasteiger partial charge >= 0.3 is 6.18 Å². The molecule has 2 aromatic carbocycles. The Morgan fingerprint density at radius 1 is 1.05 bits per heavy atom. The lowest BCUT2D eigenvalue weighted by Crippen LogP contribution is -2.37. The minimum Gasteiger partial charge on any atom is -0.456 e. The molecule has 0 aliphatic heterocycles. The number of alkyl halides is 3. The van der Waals surface area contributed by atoms with Crippen molar-refractivity contribution in [2.75, 3.05) is 6.61 Å². The normalized spacial score (nSPS) is 17.5. The summed E-state index contributed by atoms with van der Waals surface area (Å²) in [7, 11) is -1.19. The molecule has 5 aromatic rings. The van der Waals surface area contributed by atoms with Gasteiger partial charge in [0.25, 0.3) is 0 Å². The van der Waals surface area contributed by atoms with Crippen molar-refractivity contribution in [1.29, 1.82) is 0 Å². The number of ether oxygens (including phenoxy) is 2. The van der Waals surface area contributed by atoms with E-state index in [0.717, 1.165) is 22.9 Å². The zero-order valence-corrected chi connectivity index (χ0v) is 26.1. The molecule has 1 saturated carbocycles. The molecule has 0 atom stereocenters. The molecule has 13 heteroatoms. The number of halogens is 4. The molecule has 1 fully saturated rings. The van der Waals surface area contributed by atoms with Crippen LogP contribution in [-0.4, -0.2) is 50.2 Å². The molecule has 3 aromatic heterocycles. The molecule has 226 valence electrons.